The molecule has 0 aliphatic rings. The van der Waals surface area contributed by atoms with Crippen molar-refractivity contribution in [1.29, 1.82) is 0 Å². The topological polar surface area (TPSA) is 25.0 Å². The Hall–Kier alpha value is -1.44. The van der Waals surface area contributed by atoms with Gasteiger partial charge in [-0.2, -0.15) is 0 Å². The van der Waals surface area contributed by atoms with Gasteiger partial charge in [0, 0.05) is 18.0 Å². The lowest BCUT2D eigenvalue weighted by Crippen LogP contribution is -1.81. The Balaban J connectivity index is 0.000000671. The highest BCUT2D eigenvalue weighted by molar-refractivity contribution is 5.58. The van der Waals surface area contributed by atoms with Crippen LogP contribution in [0.15, 0.2) is 37.4 Å². The number of aromatic amines is 1. The van der Waals surface area contributed by atoms with Crippen LogP contribution in [0.4, 0.5) is 0 Å². The second-order valence-corrected chi connectivity index (χ2v) is 2.04. The van der Waals surface area contributed by atoms with Crippen molar-refractivity contribution in [2.24, 2.45) is 0 Å². The molecule has 0 aliphatic carbocycles. The van der Waals surface area contributed by atoms with E-state index >= 15 is 0 Å². The van der Waals surface area contributed by atoms with Crippen LogP contribution >= 0.6 is 0 Å². The first-order chi connectivity index (χ1) is 6.38. The van der Waals surface area contributed by atoms with Gasteiger partial charge in [-0.3, -0.25) is 0 Å². The lowest BCUT2D eigenvalue weighted by molar-refractivity contribution is 0.438. The third-order valence-electron chi connectivity index (χ3n) is 1.35. The monoisotopic (exact) mass is 179 g/mol. The Bertz CT molecular complexity index is 247. The summed E-state index contributed by atoms with van der Waals surface area (Å²) in [7, 11) is 0. The Morgan fingerprint density at radius 1 is 1.54 bits per heavy atom. The van der Waals surface area contributed by atoms with Gasteiger partial charge in [-0.15, -0.1) is 0 Å². The van der Waals surface area contributed by atoms with E-state index in [0.29, 0.717) is 0 Å². The number of ether oxygens (including phenoxy) is 1. The largest absolute Gasteiger partial charge is 0.465 e. The molecule has 1 heterocycles. The van der Waals surface area contributed by atoms with E-state index in [1.165, 1.54) is 6.26 Å². The fourth-order valence-electron chi connectivity index (χ4n) is 0.870. The number of hydrogen-bond donors (Lipinski definition) is 1. The average Bonchev–Trinajstić information content (AvgIpc) is 2.70. The molecule has 1 N–H and O–H groups in total. The zero-order valence-electron chi connectivity index (χ0n) is 8.50. The summed E-state index contributed by atoms with van der Waals surface area (Å²) < 4.78 is 5.14. The van der Waals surface area contributed by atoms with E-state index in [2.05, 4.69) is 11.6 Å². The van der Waals surface area contributed by atoms with Gasteiger partial charge in [-0.25, -0.2) is 0 Å². The summed E-state index contributed by atoms with van der Waals surface area (Å²) in [5, 5.41) is 0. The van der Waals surface area contributed by atoms with Gasteiger partial charge in [0.15, 0.2) is 0 Å². The van der Waals surface area contributed by atoms with Gasteiger partial charge in [0.05, 0.1) is 6.26 Å². The molecule has 1 rings (SSSR count). The van der Waals surface area contributed by atoms with Gasteiger partial charge in [0.2, 0.25) is 0 Å². The van der Waals surface area contributed by atoms with Crippen LogP contribution in [0, 0.1) is 0 Å². The van der Waals surface area contributed by atoms with Crippen LogP contribution in [0.1, 0.15) is 26.3 Å². The summed E-state index contributed by atoms with van der Waals surface area (Å²) in [4.78, 5) is 2.95. The summed E-state index contributed by atoms with van der Waals surface area (Å²) in [6, 6.07) is 1.94. The van der Waals surface area contributed by atoms with Gasteiger partial charge in [0.25, 0.3) is 0 Å². The molecule has 0 amide bonds. The highest BCUT2D eigenvalue weighted by Gasteiger charge is 1.98. The maximum Gasteiger partial charge on any atom is 0.130 e. The summed E-state index contributed by atoms with van der Waals surface area (Å²) in [5.74, 6) is 0.821. The second kappa shape index (κ2) is 7.22. The molecule has 0 unspecified atom stereocenters. The molecule has 2 nitrogen and oxygen atoms in total. The number of allylic oxidation sites excluding steroid dienone is 1. The number of aromatic nitrogens is 1. The molecule has 2 heteroatoms. The molecule has 0 atom stereocenters. The molecule has 72 valence electrons. The molecule has 13 heavy (non-hydrogen) atoms. The summed E-state index contributed by atoms with van der Waals surface area (Å²) >= 11 is 0. The van der Waals surface area contributed by atoms with E-state index in [0.717, 1.165) is 11.3 Å². The first-order valence-corrected chi connectivity index (χ1v) is 4.45. The molecule has 0 saturated carbocycles. The quantitative estimate of drug-likeness (QED) is 0.705. The van der Waals surface area contributed by atoms with Crippen molar-refractivity contribution in [2.45, 2.75) is 20.8 Å². The molecule has 0 spiro atoms. The van der Waals surface area contributed by atoms with Crippen molar-refractivity contribution in [3.05, 3.63) is 42.9 Å². The van der Waals surface area contributed by atoms with Gasteiger partial charge in [0.1, 0.15) is 5.76 Å². The lowest BCUT2D eigenvalue weighted by atomic mass is 10.3. The third-order valence-corrected chi connectivity index (χ3v) is 1.35. The fraction of sp³-hybridized carbons (Fsp3) is 0.273. The van der Waals surface area contributed by atoms with Crippen molar-refractivity contribution >= 4 is 5.76 Å². The van der Waals surface area contributed by atoms with Gasteiger partial charge < -0.3 is 9.72 Å². The zero-order chi connectivity index (χ0) is 10.1. The molecule has 0 fully saturated rings. The first kappa shape index (κ1) is 11.6. The van der Waals surface area contributed by atoms with E-state index < -0.39 is 0 Å². The minimum absolute atomic E-state index is 0.821. The third kappa shape index (κ3) is 3.65. The highest BCUT2D eigenvalue weighted by atomic mass is 16.5. The zero-order valence-corrected chi connectivity index (χ0v) is 8.50. The number of rotatable bonds is 3. The molecule has 1 aromatic heterocycles. The van der Waals surface area contributed by atoms with Crippen molar-refractivity contribution < 1.29 is 4.74 Å². The maximum atomic E-state index is 5.14. The normalized spacial score (nSPS) is 9.92. The molecule has 0 aromatic carbocycles. The smallest absolute Gasteiger partial charge is 0.130 e. The van der Waals surface area contributed by atoms with Crippen LogP contribution in [0.5, 0.6) is 0 Å². The molecule has 1 aromatic rings. The maximum absolute atomic E-state index is 5.14. The van der Waals surface area contributed by atoms with Crippen LogP contribution < -0.4 is 0 Å². The van der Waals surface area contributed by atoms with Crippen molar-refractivity contribution in [3.63, 3.8) is 0 Å². The minimum Gasteiger partial charge on any atom is -0.465 e. The Labute approximate surface area is 79.9 Å². The summed E-state index contributed by atoms with van der Waals surface area (Å²) in [5.41, 5.74) is 1.03. The SMILES string of the molecule is C=CO/C(=C\C)c1cc[nH]c1.CC. The van der Waals surface area contributed by atoms with Crippen LogP contribution in [-0.4, -0.2) is 4.98 Å². The second-order valence-electron chi connectivity index (χ2n) is 2.04. The predicted octanol–water partition coefficient (Wildman–Crippen LogP) is 3.56. The van der Waals surface area contributed by atoms with Crippen molar-refractivity contribution in [3.8, 4) is 0 Å². The van der Waals surface area contributed by atoms with Crippen LogP contribution in [0.2, 0.25) is 0 Å². The Morgan fingerprint density at radius 3 is 2.62 bits per heavy atom. The summed E-state index contributed by atoms with van der Waals surface area (Å²) in [6.07, 6.45) is 7.04. The van der Waals surface area contributed by atoms with Crippen molar-refractivity contribution in [2.75, 3.05) is 0 Å². The first-order valence-electron chi connectivity index (χ1n) is 4.45. The highest BCUT2D eigenvalue weighted by Crippen LogP contribution is 2.14. The summed E-state index contributed by atoms with van der Waals surface area (Å²) in [6.45, 7) is 9.41. The van der Waals surface area contributed by atoms with Crippen molar-refractivity contribution in [1.82, 2.24) is 4.98 Å². The van der Waals surface area contributed by atoms with E-state index in [1.807, 2.05) is 45.3 Å². The average molecular weight is 179 g/mol. The van der Waals surface area contributed by atoms with Gasteiger partial charge in [-0.1, -0.05) is 20.4 Å². The molecule has 0 aliphatic heterocycles. The molecule has 0 bridgehead atoms. The van der Waals surface area contributed by atoms with Crippen LogP contribution in [0.25, 0.3) is 5.76 Å². The molecule has 0 radical (unpaired) electrons. The molecular weight excluding hydrogens is 162 g/mol. The number of hydrogen-bond acceptors (Lipinski definition) is 1. The van der Waals surface area contributed by atoms with Gasteiger partial charge >= 0.3 is 0 Å². The predicted molar refractivity (Wildman–Crippen MR) is 57.1 cm³/mol. The molecule has 0 saturated heterocycles. The number of H-pyrrole nitrogens is 1. The number of nitrogens with one attached hydrogen (secondary N) is 1. The Kier molecular flexibility index (Phi) is 6.42. The van der Waals surface area contributed by atoms with E-state index in [9.17, 15) is 0 Å². The fourth-order valence-corrected chi connectivity index (χ4v) is 0.870. The van der Waals surface area contributed by atoms with Crippen LogP contribution in [-0.2, 0) is 4.74 Å². The van der Waals surface area contributed by atoms with Crippen LogP contribution in [0.3, 0.4) is 0 Å². The van der Waals surface area contributed by atoms with E-state index in [1.54, 1.807) is 0 Å². The van der Waals surface area contributed by atoms with E-state index in [4.69, 9.17) is 4.74 Å². The standard InChI is InChI=1S/C9H11NO.C2H6/c1-3-9(11-4-2)8-5-6-10-7-8;1-2/h3-7,10H,2H2,1H3;1-2H3/b9-3-;. The molecular formula is C11H17NO. The van der Waals surface area contributed by atoms with E-state index in [-0.39, 0.29) is 0 Å². The minimum atomic E-state index is 0.821. The van der Waals surface area contributed by atoms with Gasteiger partial charge in [-0.05, 0) is 19.1 Å². The Morgan fingerprint density at radius 2 is 2.23 bits per heavy atom. The lowest BCUT2D eigenvalue weighted by Gasteiger charge is -2.00.